The second kappa shape index (κ2) is 4.88. The third-order valence-corrected chi connectivity index (χ3v) is 4.44. The first-order chi connectivity index (χ1) is 9.56. The molecular weight excluding hydrogens is 260 g/mol. The van der Waals surface area contributed by atoms with E-state index in [1.54, 1.807) is 0 Å². The zero-order valence-electron chi connectivity index (χ0n) is 11.2. The zero-order valence-corrected chi connectivity index (χ0v) is 11.2. The lowest BCUT2D eigenvalue weighted by molar-refractivity contribution is -0.137. The van der Waals surface area contributed by atoms with Crippen LogP contribution >= 0.6 is 0 Å². The predicted molar refractivity (Wildman–Crippen MR) is 69.9 cm³/mol. The summed E-state index contributed by atoms with van der Waals surface area (Å²) in [5.41, 5.74) is 0.568. The molecule has 1 amide bonds. The maximum absolute atomic E-state index is 12.1. The molecular formula is C13H18N4O3. The van der Waals surface area contributed by atoms with Gasteiger partial charge in [0.1, 0.15) is 12.9 Å². The summed E-state index contributed by atoms with van der Waals surface area (Å²) < 4.78 is 1.19. The van der Waals surface area contributed by atoms with Crippen molar-refractivity contribution >= 4 is 17.8 Å². The van der Waals surface area contributed by atoms with Crippen LogP contribution in [0.15, 0.2) is 6.33 Å². The number of carboxylic acid groups (broad SMARTS) is 1. The van der Waals surface area contributed by atoms with Gasteiger partial charge in [0, 0.05) is 5.92 Å². The van der Waals surface area contributed by atoms with Crippen LogP contribution in [0.5, 0.6) is 0 Å². The topological polar surface area (TPSA) is 97.1 Å². The van der Waals surface area contributed by atoms with Crippen molar-refractivity contribution in [3.8, 4) is 0 Å². The van der Waals surface area contributed by atoms with Gasteiger partial charge in [0.05, 0.1) is 0 Å². The molecule has 0 aliphatic heterocycles. The fourth-order valence-corrected chi connectivity index (χ4v) is 2.95. The number of aliphatic carboxylic acids is 1. The van der Waals surface area contributed by atoms with Gasteiger partial charge in [0.15, 0.2) is 0 Å². The molecule has 0 bridgehead atoms. The number of carbonyl (C=O) groups is 2. The highest BCUT2D eigenvalue weighted by Crippen LogP contribution is 2.57. The van der Waals surface area contributed by atoms with Crippen LogP contribution in [-0.4, -0.2) is 31.7 Å². The molecule has 1 heterocycles. The molecule has 0 atom stereocenters. The van der Waals surface area contributed by atoms with Gasteiger partial charge in [0.2, 0.25) is 11.9 Å². The Bertz CT molecular complexity index is 525. The van der Waals surface area contributed by atoms with Gasteiger partial charge >= 0.3 is 5.97 Å². The molecule has 0 saturated heterocycles. The summed E-state index contributed by atoms with van der Waals surface area (Å²) in [4.78, 5) is 26.6. The number of nitrogens with one attached hydrogen (secondary N) is 1. The molecule has 1 aromatic rings. The van der Waals surface area contributed by atoms with Crippen LogP contribution < -0.4 is 5.32 Å². The molecule has 2 saturated carbocycles. The summed E-state index contributed by atoms with van der Waals surface area (Å²) in [6, 6.07) is 0. The minimum Gasteiger partial charge on any atom is -0.480 e. The lowest BCUT2D eigenvalue weighted by atomic mass is 9.79. The number of hydrogen-bond donors (Lipinski definition) is 2. The Balaban J connectivity index is 1.53. The Kier molecular flexibility index (Phi) is 3.19. The highest BCUT2D eigenvalue weighted by molar-refractivity contribution is 5.90. The fourth-order valence-electron chi connectivity index (χ4n) is 2.95. The molecule has 7 heteroatoms. The van der Waals surface area contributed by atoms with Crippen molar-refractivity contribution in [2.45, 2.75) is 45.1 Å². The Labute approximate surface area is 116 Å². The first-order valence-electron chi connectivity index (χ1n) is 6.98. The van der Waals surface area contributed by atoms with E-state index in [-0.39, 0.29) is 24.3 Å². The monoisotopic (exact) mass is 278 g/mol. The predicted octanol–water partition coefficient (Wildman–Crippen LogP) is 1.27. The molecule has 108 valence electrons. The summed E-state index contributed by atoms with van der Waals surface area (Å²) in [5, 5.41) is 15.2. The molecule has 1 spiro atoms. The van der Waals surface area contributed by atoms with Crippen LogP contribution in [-0.2, 0) is 16.1 Å². The van der Waals surface area contributed by atoms with E-state index in [1.807, 2.05) is 0 Å². The summed E-state index contributed by atoms with van der Waals surface area (Å²) in [6.45, 7) is -0.255. The Morgan fingerprint density at radius 1 is 1.35 bits per heavy atom. The number of nitrogens with zero attached hydrogens (tertiary/aromatic N) is 3. The molecule has 2 fully saturated rings. The fraction of sp³-hybridized carbons (Fsp3) is 0.692. The van der Waals surface area contributed by atoms with Crippen molar-refractivity contribution in [1.82, 2.24) is 14.8 Å². The Morgan fingerprint density at radius 3 is 2.65 bits per heavy atom. The summed E-state index contributed by atoms with van der Waals surface area (Å²) in [6.07, 6.45) is 8.11. The lowest BCUT2D eigenvalue weighted by Crippen LogP contribution is -2.28. The number of hydrogen-bond acceptors (Lipinski definition) is 4. The first-order valence-corrected chi connectivity index (χ1v) is 6.98. The number of anilines is 1. The van der Waals surface area contributed by atoms with Crippen molar-refractivity contribution in [1.29, 1.82) is 0 Å². The maximum Gasteiger partial charge on any atom is 0.325 e. The average Bonchev–Trinajstić information content (AvgIpc) is 3.01. The van der Waals surface area contributed by atoms with E-state index in [0.29, 0.717) is 5.41 Å². The number of aromatic nitrogens is 3. The highest BCUT2D eigenvalue weighted by atomic mass is 16.4. The normalized spacial score (nSPS) is 20.8. The second-order valence-electron chi connectivity index (χ2n) is 5.92. The van der Waals surface area contributed by atoms with Gasteiger partial charge in [-0.1, -0.05) is 0 Å². The average molecular weight is 278 g/mol. The van der Waals surface area contributed by atoms with Gasteiger partial charge in [-0.2, -0.15) is 0 Å². The lowest BCUT2D eigenvalue weighted by Gasteiger charge is -2.27. The van der Waals surface area contributed by atoms with Crippen LogP contribution in [0.3, 0.4) is 0 Å². The van der Waals surface area contributed by atoms with Crippen molar-refractivity contribution in [2.75, 3.05) is 5.32 Å². The SMILES string of the molecule is O=C(O)Cn1cnc(NC(=O)C2CCC3(CC2)CC3)n1. The number of amides is 1. The van der Waals surface area contributed by atoms with Crippen molar-refractivity contribution in [3.63, 3.8) is 0 Å². The van der Waals surface area contributed by atoms with E-state index in [9.17, 15) is 9.59 Å². The number of carbonyl (C=O) groups excluding carboxylic acids is 1. The van der Waals surface area contributed by atoms with Gasteiger partial charge in [-0.3, -0.25) is 14.9 Å². The van der Waals surface area contributed by atoms with E-state index < -0.39 is 5.97 Å². The number of carboxylic acids is 1. The van der Waals surface area contributed by atoms with E-state index in [0.717, 1.165) is 25.7 Å². The first kappa shape index (κ1) is 13.1. The third kappa shape index (κ3) is 2.81. The van der Waals surface area contributed by atoms with Gasteiger partial charge in [-0.25, -0.2) is 9.67 Å². The van der Waals surface area contributed by atoms with Gasteiger partial charge in [-0.05, 0) is 43.9 Å². The van der Waals surface area contributed by atoms with E-state index in [2.05, 4.69) is 15.4 Å². The van der Waals surface area contributed by atoms with Crippen LogP contribution in [0, 0.1) is 11.3 Å². The molecule has 2 aliphatic carbocycles. The molecule has 7 nitrogen and oxygen atoms in total. The van der Waals surface area contributed by atoms with E-state index >= 15 is 0 Å². The third-order valence-electron chi connectivity index (χ3n) is 4.44. The molecule has 3 rings (SSSR count). The van der Waals surface area contributed by atoms with Crippen molar-refractivity contribution in [2.24, 2.45) is 11.3 Å². The molecule has 0 unspecified atom stereocenters. The molecule has 2 N–H and O–H groups in total. The Hall–Kier alpha value is -1.92. The summed E-state index contributed by atoms with van der Waals surface area (Å²) in [7, 11) is 0. The van der Waals surface area contributed by atoms with Crippen molar-refractivity contribution in [3.05, 3.63) is 6.33 Å². The smallest absolute Gasteiger partial charge is 0.325 e. The second-order valence-corrected chi connectivity index (χ2v) is 5.92. The molecule has 0 radical (unpaired) electrons. The van der Waals surface area contributed by atoms with Gasteiger partial charge < -0.3 is 5.11 Å². The molecule has 20 heavy (non-hydrogen) atoms. The molecule has 2 aliphatic rings. The van der Waals surface area contributed by atoms with Crippen LogP contribution in [0.2, 0.25) is 0 Å². The van der Waals surface area contributed by atoms with Crippen LogP contribution in [0.1, 0.15) is 38.5 Å². The Morgan fingerprint density at radius 2 is 2.05 bits per heavy atom. The van der Waals surface area contributed by atoms with Crippen LogP contribution in [0.4, 0.5) is 5.95 Å². The quantitative estimate of drug-likeness (QED) is 0.864. The summed E-state index contributed by atoms with van der Waals surface area (Å²) >= 11 is 0. The standard InChI is InChI=1S/C13H18N4O3/c18-10(19)7-17-8-14-12(16-17)15-11(20)9-1-3-13(4-2-9)5-6-13/h8-9H,1-7H2,(H,18,19)(H,15,16,20). The van der Waals surface area contributed by atoms with Crippen LogP contribution in [0.25, 0.3) is 0 Å². The molecule has 0 aromatic carbocycles. The van der Waals surface area contributed by atoms with Gasteiger partial charge in [0.25, 0.3) is 0 Å². The van der Waals surface area contributed by atoms with Crippen molar-refractivity contribution < 1.29 is 14.7 Å². The maximum atomic E-state index is 12.1. The number of rotatable bonds is 4. The zero-order chi connectivity index (χ0) is 14.2. The highest BCUT2D eigenvalue weighted by Gasteiger charge is 2.45. The largest absolute Gasteiger partial charge is 0.480 e. The minimum absolute atomic E-state index is 0.0349. The molecule has 1 aromatic heterocycles. The van der Waals surface area contributed by atoms with E-state index in [4.69, 9.17) is 5.11 Å². The van der Waals surface area contributed by atoms with Gasteiger partial charge in [-0.15, -0.1) is 5.10 Å². The van der Waals surface area contributed by atoms with E-state index in [1.165, 1.54) is 23.9 Å². The summed E-state index contributed by atoms with van der Waals surface area (Å²) in [5.74, 6) is -0.820. The minimum atomic E-state index is -0.991.